The van der Waals surface area contributed by atoms with Crippen molar-refractivity contribution in [1.82, 2.24) is 19.9 Å². The van der Waals surface area contributed by atoms with E-state index in [1.54, 1.807) is 17.0 Å². The molecule has 1 saturated heterocycles. The number of nitro groups is 1. The summed E-state index contributed by atoms with van der Waals surface area (Å²) in [6.45, 7) is 4.51. The Hall–Kier alpha value is -2.81. The number of carbonyl (C=O) groups excluding carboxylic acids is 1. The van der Waals surface area contributed by atoms with Gasteiger partial charge in [-0.2, -0.15) is 0 Å². The summed E-state index contributed by atoms with van der Waals surface area (Å²) in [7, 11) is 0. The highest BCUT2D eigenvalue weighted by molar-refractivity contribution is 5.92. The second kappa shape index (κ2) is 7.39. The first-order chi connectivity index (χ1) is 12.1. The zero-order chi connectivity index (χ0) is 17.8. The lowest BCUT2D eigenvalue weighted by Gasteiger charge is -2.22. The first-order valence-electron chi connectivity index (χ1n) is 8.12. The molecule has 1 atom stereocenters. The summed E-state index contributed by atoms with van der Waals surface area (Å²) in [5, 5.41) is 18.7. The van der Waals surface area contributed by atoms with Crippen molar-refractivity contribution in [3.8, 4) is 5.69 Å². The third-order valence-corrected chi connectivity index (χ3v) is 4.19. The van der Waals surface area contributed by atoms with Crippen molar-refractivity contribution in [3.05, 3.63) is 46.3 Å². The minimum Gasteiger partial charge on any atom is -0.381 e. The average Bonchev–Trinajstić information content (AvgIpc) is 3.31. The SMILES string of the molecule is CCN(CC1CCOC1)C(=O)c1cn(-c2cccc([N+](=O)[O-])c2)nn1. The Morgan fingerprint density at radius 1 is 1.52 bits per heavy atom. The molecule has 1 amide bonds. The molecule has 1 aromatic carbocycles. The second-order valence-corrected chi connectivity index (χ2v) is 5.90. The molecular weight excluding hydrogens is 326 g/mol. The van der Waals surface area contributed by atoms with Crippen LogP contribution in [0.25, 0.3) is 5.69 Å². The molecular formula is C16H19N5O4. The van der Waals surface area contributed by atoms with Crippen LogP contribution < -0.4 is 0 Å². The molecule has 0 bridgehead atoms. The number of ether oxygens (including phenoxy) is 1. The Labute approximate surface area is 144 Å². The van der Waals surface area contributed by atoms with Crippen LogP contribution in [0.2, 0.25) is 0 Å². The average molecular weight is 345 g/mol. The molecule has 1 aliphatic heterocycles. The fourth-order valence-corrected chi connectivity index (χ4v) is 2.79. The van der Waals surface area contributed by atoms with Gasteiger partial charge in [-0.25, -0.2) is 4.68 Å². The number of hydrogen-bond acceptors (Lipinski definition) is 6. The summed E-state index contributed by atoms with van der Waals surface area (Å²) in [5.74, 6) is 0.141. The van der Waals surface area contributed by atoms with E-state index in [0.717, 1.165) is 13.0 Å². The molecule has 9 nitrogen and oxygen atoms in total. The van der Waals surface area contributed by atoms with Crippen molar-refractivity contribution in [2.75, 3.05) is 26.3 Å². The lowest BCUT2D eigenvalue weighted by atomic mass is 10.1. The summed E-state index contributed by atoms with van der Waals surface area (Å²) >= 11 is 0. The van der Waals surface area contributed by atoms with Gasteiger partial charge < -0.3 is 9.64 Å². The molecule has 1 aliphatic rings. The fourth-order valence-electron chi connectivity index (χ4n) is 2.79. The van der Waals surface area contributed by atoms with Gasteiger partial charge in [0, 0.05) is 37.7 Å². The van der Waals surface area contributed by atoms with Crippen molar-refractivity contribution in [3.63, 3.8) is 0 Å². The van der Waals surface area contributed by atoms with Gasteiger partial charge in [-0.1, -0.05) is 11.3 Å². The minimum atomic E-state index is -0.477. The first kappa shape index (κ1) is 17.0. The lowest BCUT2D eigenvalue weighted by molar-refractivity contribution is -0.384. The number of rotatable bonds is 6. The van der Waals surface area contributed by atoms with E-state index in [9.17, 15) is 14.9 Å². The molecule has 132 valence electrons. The van der Waals surface area contributed by atoms with E-state index in [4.69, 9.17) is 4.74 Å². The van der Waals surface area contributed by atoms with Crippen LogP contribution in [0.15, 0.2) is 30.5 Å². The molecule has 3 rings (SSSR count). The van der Waals surface area contributed by atoms with Gasteiger partial charge in [-0.15, -0.1) is 5.10 Å². The molecule has 0 N–H and O–H groups in total. The fraction of sp³-hybridized carbons (Fsp3) is 0.438. The van der Waals surface area contributed by atoms with E-state index in [2.05, 4.69) is 10.3 Å². The summed E-state index contributed by atoms with van der Waals surface area (Å²) in [6.07, 6.45) is 2.44. The summed E-state index contributed by atoms with van der Waals surface area (Å²) in [4.78, 5) is 24.8. The number of nitro benzene ring substituents is 1. The monoisotopic (exact) mass is 345 g/mol. The van der Waals surface area contributed by atoms with Crippen molar-refractivity contribution in [1.29, 1.82) is 0 Å². The Balaban J connectivity index is 1.76. The standard InChI is InChI=1S/C16H19N5O4/c1-2-19(9-12-6-7-25-11-12)16(22)15-10-20(18-17-15)13-4-3-5-14(8-13)21(23)24/h3-5,8,10,12H,2,6-7,9,11H2,1H3. The topological polar surface area (TPSA) is 103 Å². The molecule has 1 fully saturated rings. The van der Waals surface area contributed by atoms with Crippen LogP contribution in [0.5, 0.6) is 0 Å². The predicted molar refractivity (Wildman–Crippen MR) is 88.5 cm³/mol. The molecule has 1 unspecified atom stereocenters. The van der Waals surface area contributed by atoms with Crippen LogP contribution in [-0.4, -0.2) is 57.0 Å². The van der Waals surface area contributed by atoms with Crippen molar-refractivity contribution < 1.29 is 14.5 Å². The number of benzene rings is 1. The minimum absolute atomic E-state index is 0.0442. The predicted octanol–water partition coefficient (Wildman–Crippen LogP) is 1.67. The number of non-ortho nitro benzene ring substituents is 1. The van der Waals surface area contributed by atoms with E-state index < -0.39 is 4.92 Å². The van der Waals surface area contributed by atoms with Gasteiger partial charge in [0.2, 0.25) is 0 Å². The van der Waals surface area contributed by atoms with Gasteiger partial charge in [0.1, 0.15) is 0 Å². The van der Waals surface area contributed by atoms with E-state index in [-0.39, 0.29) is 17.3 Å². The normalized spacial score (nSPS) is 16.8. The molecule has 2 aromatic rings. The third-order valence-electron chi connectivity index (χ3n) is 4.19. The number of carbonyl (C=O) groups is 1. The van der Waals surface area contributed by atoms with Crippen LogP contribution in [0.3, 0.4) is 0 Å². The lowest BCUT2D eigenvalue weighted by Crippen LogP contribution is -2.35. The van der Waals surface area contributed by atoms with Crippen molar-refractivity contribution >= 4 is 11.6 Å². The van der Waals surface area contributed by atoms with Gasteiger partial charge in [0.15, 0.2) is 5.69 Å². The molecule has 0 radical (unpaired) electrons. The smallest absolute Gasteiger partial charge is 0.276 e. The molecule has 2 heterocycles. The number of aromatic nitrogens is 3. The quantitative estimate of drug-likeness (QED) is 0.583. The Morgan fingerprint density at radius 3 is 3.04 bits per heavy atom. The molecule has 0 spiro atoms. The number of nitrogens with zero attached hydrogens (tertiary/aromatic N) is 5. The van der Waals surface area contributed by atoms with Crippen LogP contribution in [-0.2, 0) is 4.74 Å². The third kappa shape index (κ3) is 3.82. The van der Waals surface area contributed by atoms with Crippen LogP contribution in [0.4, 0.5) is 5.69 Å². The van der Waals surface area contributed by atoms with E-state index in [1.807, 2.05) is 6.92 Å². The maximum Gasteiger partial charge on any atom is 0.276 e. The molecule has 1 aromatic heterocycles. The molecule has 0 aliphatic carbocycles. The molecule has 25 heavy (non-hydrogen) atoms. The summed E-state index contributed by atoms with van der Waals surface area (Å²) in [6, 6.07) is 6.02. The van der Waals surface area contributed by atoms with E-state index in [0.29, 0.717) is 31.3 Å². The van der Waals surface area contributed by atoms with Gasteiger partial charge in [0.25, 0.3) is 11.6 Å². The highest BCUT2D eigenvalue weighted by atomic mass is 16.6. The van der Waals surface area contributed by atoms with Gasteiger partial charge in [0.05, 0.1) is 23.4 Å². The van der Waals surface area contributed by atoms with Gasteiger partial charge in [-0.05, 0) is 19.4 Å². The Kier molecular flexibility index (Phi) is 5.03. The van der Waals surface area contributed by atoms with E-state index >= 15 is 0 Å². The first-order valence-corrected chi connectivity index (χ1v) is 8.12. The molecule has 9 heteroatoms. The zero-order valence-electron chi connectivity index (χ0n) is 13.9. The second-order valence-electron chi connectivity index (χ2n) is 5.90. The van der Waals surface area contributed by atoms with Crippen molar-refractivity contribution in [2.45, 2.75) is 13.3 Å². The van der Waals surface area contributed by atoms with Crippen molar-refractivity contribution in [2.24, 2.45) is 5.92 Å². The Bertz CT molecular complexity index is 769. The number of hydrogen-bond donors (Lipinski definition) is 0. The molecule has 0 saturated carbocycles. The van der Waals surface area contributed by atoms with E-state index in [1.165, 1.54) is 23.0 Å². The Morgan fingerprint density at radius 2 is 2.36 bits per heavy atom. The largest absolute Gasteiger partial charge is 0.381 e. The van der Waals surface area contributed by atoms with Gasteiger partial charge >= 0.3 is 0 Å². The highest BCUT2D eigenvalue weighted by Crippen LogP contribution is 2.18. The van der Waals surface area contributed by atoms with Gasteiger partial charge in [-0.3, -0.25) is 14.9 Å². The van der Waals surface area contributed by atoms with Crippen LogP contribution >= 0.6 is 0 Å². The highest BCUT2D eigenvalue weighted by Gasteiger charge is 2.24. The summed E-state index contributed by atoms with van der Waals surface area (Å²) in [5.41, 5.74) is 0.651. The summed E-state index contributed by atoms with van der Waals surface area (Å²) < 4.78 is 6.72. The zero-order valence-corrected chi connectivity index (χ0v) is 13.9. The van der Waals surface area contributed by atoms with Crippen LogP contribution in [0, 0.1) is 16.0 Å². The maximum atomic E-state index is 12.6. The number of amides is 1. The van der Waals surface area contributed by atoms with Crippen LogP contribution in [0.1, 0.15) is 23.8 Å². The maximum absolute atomic E-state index is 12.6.